The van der Waals surface area contributed by atoms with Gasteiger partial charge in [0.1, 0.15) is 3.74 Å². The zero-order valence-electron chi connectivity index (χ0n) is 6.23. The fourth-order valence-corrected chi connectivity index (χ4v) is 1.48. The SMILES string of the molecule is O=C(c1cccc(Cl)c1F)C(Br)Br. The summed E-state index contributed by atoms with van der Waals surface area (Å²) in [6, 6.07) is 4.31. The van der Waals surface area contributed by atoms with Gasteiger partial charge in [0.2, 0.25) is 0 Å². The molecule has 0 aliphatic heterocycles. The molecule has 0 radical (unpaired) electrons. The van der Waals surface area contributed by atoms with E-state index in [0.29, 0.717) is 0 Å². The van der Waals surface area contributed by atoms with Crippen LogP contribution in [0.2, 0.25) is 5.02 Å². The highest BCUT2D eigenvalue weighted by molar-refractivity contribution is 9.25. The molecule has 0 fully saturated rings. The van der Waals surface area contributed by atoms with Crippen LogP contribution in [0.3, 0.4) is 0 Å². The van der Waals surface area contributed by atoms with Gasteiger partial charge in [-0.05, 0) is 12.1 Å². The highest BCUT2D eigenvalue weighted by Gasteiger charge is 2.18. The van der Waals surface area contributed by atoms with Gasteiger partial charge >= 0.3 is 0 Å². The molecule has 0 unspecified atom stereocenters. The van der Waals surface area contributed by atoms with E-state index in [9.17, 15) is 9.18 Å². The molecule has 1 aromatic rings. The Bertz CT molecular complexity index is 341. The largest absolute Gasteiger partial charge is 0.292 e. The van der Waals surface area contributed by atoms with Crippen LogP contribution in [0.25, 0.3) is 0 Å². The molecule has 1 nitrogen and oxygen atoms in total. The minimum atomic E-state index is -0.682. The van der Waals surface area contributed by atoms with Crippen LogP contribution in [0, 0.1) is 5.82 Å². The summed E-state index contributed by atoms with van der Waals surface area (Å²) < 4.78 is 12.6. The summed E-state index contributed by atoms with van der Waals surface area (Å²) in [6.45, 7) is 0. The van der Waals surface area contributed by atoms with Crippen LogP contribution in [0.15, 0.2) is 18.2 Å². The molecule has 0 N–H and O–H groups in total. The molecule has 1 aromatic carbocycles. The Kier molecular flexibility index (Phi) is 3.88. The molecule has 1 rings (SSSR count). The fraction of sp³-hybridized carbons (Fsp3) is 0.125. The van der Waals surface area contributed by atoms with E-state index in [4.69, 9.17) is 11.6 Å². The average molecular weight is 330 g/mol. The van der Waals surface area contributed by atoms with E-state index in [1.54, 1.807) is 0 Å². The predicted octanol–water partition coefficient (Wildman–Crippen LogP) is 3.78. The van der Waals surface area contributed by atoms with E-state index in [1.165, 1.54) is 18.2 Å². The second-order valence-corrected chi connectivity index (χ2v) is 5.73. The van der Waals surface area contributed by atoms with E-state index in [-0.39, 0.29) is 16.4 Å². The van der Waals surface area contributed by atoms with Gasteiger partial charge in [-0.3, -0.25) is 4.79 Å². The molecular weight excluding hydrogens is 326 g/mol. The monoisotopic (exact) mass is 328 g/mol. The second kappa shape index (κ2) is 4.53. The number of rotatable bonds is 2. The van der Waals surface area contributed by atoms with Crippen molar-refractivity contribution in [1.29, 1.82) is 0 Å². The summed E-state index contributed by atoms with van der Waals surface area (Å²) in [5, 5.41) is -0.0495. The van der Waals surface area contributed by atoms with Crippen LogP contribution in [-0.4, -0.2) is 9.52 Å². The summed E-state index contributed by atoms with van der Waals surface area (Å²) in [6.07, 6.45) is 0. The van der Waals surface area contributed by atoms with Crippen molar-refractivity contribution in [3.63, 3.8) is 0 Å². The minimum absolute atomic E-state index is 0.0220. The van der Waals surface area contributed by atoms with Crippen molar-refractivity contribution < 1.29 is 9.18 Å². The van der Waals surface area contributed by atoms with Crippen LogP contribution < -0.4 is 0 Å². The number of carbonyl (C=O) groups is 1. The molecule has 13 heavy (non-hydrogen) atoms. The molecule has 0 aliphatic rings. The summed E-state index contributed by atoms with van der Waals surface area (Å²) in [4.78, 5) is 11.3. The van der Waals surface area contributed by atoms with Crippen molar-refractivity contribution >= 4 is 49.2 Å². The molecular formula is C8H4Br2ClFO. The third-order valence-corrected chi connectivity index (χ3v) is 2.54. The van der Waals surface area contributed by atoms with Crippen molar-refractivity contribution in [1.82, 2.24) is 0 Å². The van der Waals surface area contributed by atoms with Gasteiger partial charge in [-0.15, -0.1) is 0 Å². The lowest BCUT2D eigenvalue weighted by molar-refractivity contribution is 0.101. The van der Waals surface area contributed by atoms with E-state index < -0.39 is 9.55 Å². The summed E-state index contributed by atoms with van der Waals surface area (Å²) >= 11 is 11.5. The second-order valence-electron chi connectivity index (χ2n) is 2.27. The van der Waals surface area contributed by atoms with Crippen molar-refractivity contribution in [2.45, 2.75) is 3.74 Å². The molecule has 0 saturated heterocycles. The highest BCUT2D eigenvalue weighted by atomic mass is 79.9. The molecule has 0 aliphatic carbocycles. The fourth-order valence-electron chi connectivity index (χ4n) is 0.812. The van der Waals surface area contributed by atoms with Crippen LogP contribution >= 0.6 is 43.5 Å². The molecule has 0 amide bonds. The number of hydrogen-bond donors (Lipinski definition) is 0. The van der Waals surface area contributed by atoms with Crippen molar-refractivity contribution in [2.24, 2.45) is 0 Å². The Morgan fingerprint density at radius 1 is 1.46 bits per heavy atom. The quantitative estimate of drug-likeness (QED) is 0.596. The minimum Gasteiger partial charge on any atom is -0.292 e. The van der Waals surface area contributed by atoms with Crippen molar-refractivity contribution in [2.75, 3.05) is 0 Å². The zero-order chi connectivity index (χ0) is 10.0. The Labute approximate surface area is 96.5 Å². The van der Waals surface area contributed by atoms with E-state index in [0.717, 1.165) is 0 Å². The number of hydrogen-bond acceptors (Lipinski definition) is 1. The first-order chi connectivity index (χ1) is 6.04. The van der Waals surface area contributed by atoms with Crippen LogP contribution in [0.4, 0.5) is 4.39 Å². The Morgan fingerprint density at radius 3 is 2.62 bits per heavy atom. The van der Waals surface area contributed by atoms with Gasteiger partial charge in [-0.1, -0.05) is 49.5 Å². The van der Waals surface area contributed by atoms with Gasteiger partial charge in [0.05, 0.1) is 10.6 Å². The predicted molar refractivity (Wildman–Crippen MR) is 57.4 cm³/mol. The number of carbonyl (C=O) groups excluding carboxylic acids is 1. The first-order valence-corrected chi connectivity index (χ1v) is 5.51. The first kappa shape index (κ1) is 11.1. The van der Waals surface area contributed by atoms with E-state index >= 15 is 0 Å². The lowest BCUT2D eigenvalue weighted by Gasteiger charge is -2.03. The summed E-state index contributed by atoms with van der Waals surface area (Å²) in [7, 11) is 0. The topological polar surface area (TPSA) is 17.1 Å². The van der Waals surface area contributed by atoms with Gasteiger partial charge in [-0.2, -0.15) is 0 Å². The van der Waals surface area contributed by atoms with E-state index in [1.807, 2.05) is 0 Å². The zero-order valence-corrected chi connectivity index (χ0v) is 10.2. The smallest absolute Gasteiger partial charge is 0.190 e. The molecule has 0 aromatic heterocycles. The number of alkyl halides is 2. The maximum Gasteiger partial charge on any atom is 0.190 e. The maximum absolute atomic E-state index is 13.2. The molecule has 0 spiro atoms. The van der Waals surface area contributed by atoms with Crippen LogP contribution in [-0.2, 0) is 0 Å². The van der Waals surface area contributed by atoms with Gasteiger partial charge in [-0.25, -0.2) is 4.39 Å². The van der Waals surface area contributed by atoms with Gasteiger partial charge in [0.25, 0.3) is 0 Å². The van der Waals surface area contributed by atoms with Gasteiger partial charge in [0.15, 0.2) is 11.6 Å². The van der Waals surface area contributed by atoms with Crippen molar-refractivity contribution in [3.8, 4) is 0 Å². The normalized spacial score (nSPS) is 10.5. The molecule has 0 atom stereocenters. The lowest BCUT2D eigenvalue weighted by atomic mass is 10.1. The Morgan fingerprint density at radius 2 is 2.08 bits per heavy atom. The number of halogens is 4. The molecule has 5 heteroatoms. The van der Waals surface area contributed by atoms with Gasteiger partial charge < -0.3 is 0 Å². The molecule has 0 saturated carbocycles. The van der Waals surface area contributed by atoms with Gasteiger partial charge in [0, 0.05) is 0 Å². The molecule has 0 heterocycles. The highest BCUT2D eigenvalue weighted by Crippen LogP contribution is 2.22. The molecule has 70 valence electrons. The van der Waals surface area contributed by atoms with Crippen LogP contribution in [0.5, 0.6) is 0 Å². The first-order valence-electron chi connectivity index (χ1n) is 3.30. The Hall–Kier alpha value is 0.0700. The van der Waals surface area contributed by atoms with E-state index in [2.05, 4.69) is 31.9 Å². The Balaban J connectivity index is 3.15. The average Bonchev–Trinajstić information content (AvgIpc) is 2.08. The number of benzene rings is 1. The number of Topliss-reactive ketones (excluding diaryl/α,β-unsaturated/α-hetero) is 1. The number of ketones is 1. The summed E-state index contributed by atoms with van der Waals surface area (Å²) in [5.41, 5.74) is -0.0220. The van der Waals surface area contributed by atoms with Crippen molar-refractivity contribution in [3.05, 3.63) is 34.6 Å². The third kappa shape index (κ3) is 2.51. The third-order valence-electron chi connectivity index (χ3n) is 1.42. The summed E-state index contributed by atoms with van der Waals surface area (Å²) in [5.74, 6) is -1.07. The standard InChI is InChI=1S/C8H4Br2ClFO/c9-8(10)7(13)4-2-1-3-5(11)6(4)12/h1-3,8H. The lowest BCUT2D eigenvalue weighted by Crippen LogP contribution is -2.09. The molecule has 0 bridgehead atoms. The van der Waals surface area contributed by atoms with Crippen LogP contribution in [0.1, 0.15) is 10.4 Å². The maximum atomic E-state index is 13.2.